The summed E-state index contributed by atoms with van der Waals surface area (Å²) in [6.45, 7) is 0.195. The van der Waals surface area contributed by atoms with Crippen LogP contribution in [0.4, 0.5) is 5.69 Å². The number of nitrogens with zero attached hydrogens (tertiary/aromatic N) is 3. The standard InChI is InChI=1S/C16H14N4O4S2/c1-19(8-13-17-12-6-7-25-15(12)16(22)18-13)14(21)9-26-11-4-2-10(3-5-11)20(23)24/h2-7H,8-9H2,1H3,(H,17,18,22). The van der Waals surface area contributed by atoms with Crippen LogP contribution < -0.4 is 5.56 Å². The van der Waals surface area contributed by atoms with Gasteiger partial charge in [-0.3, -0.25) is 19.7 Å². The molecule has 0 aliphatic rings. The lowest BCUT2D eigenvalue weighted by atomic mass is 10.3. The SMILES string of the molecule is CN(Cc1nc2ccsc2c(=O)[nH]1)C(=O)CSc1ccc([N+](=O)[O-])cc1. The van der Waals surface area contributed by atoms with Gasteiger partial charge in [0.1, 0.15) is 10.5 Å². The largest absolute Gasteiger partial charge is 0.338 e. The van der Waals surface area contributed by atoms with Crippen LogP contribution in [0.3, 0.4) is 0 Å². The number of hydrogen-bond donors (Lipinski definition) is 1. The number of amides is 1. The number of nitro benzene ring substituents is 1. The Bertz CT molecular complexity index is 1010. The van der Waals surface area contributed by atoms with E-state index in [9.17, 15) is 19.7 Å². The number of non-ortho nitro benzene ring substituents is 1. The first-order valence-electron chi connectivity index (χ1n) is 7.51. The summed E-state index contributed by atoms with van der Waals surface area (Å²) in [6.07, 6.45) is 0. The Hall–Kier alpha value is -2.72. The Morgan fingerprint density at radius 3 is 2.77 bits per heavy atom. The molecule has 0 fully saturated rings. The highest BCUT2D eigenvalue weighted by Gasteiger charge is 2.13. The van der Waals surface area contributed by atoms with Crippen LogP contribution in [0.1, 0.15) is 5.82 Å². The molecule has 2 heterocycles. The van der Waals surface area contributed by atoms with E-state index in [0.717, 1.165) is 4.90 Å². The zero-order chi connectivity index (χ0) is 18.7. The number of nitrogens with one attached hydrogen (secondary N) is 1. The first-order valence-corrected chi connectivity index (χ1v) is 9.38. The lowest BCUT2D eigenvalue weighted by Gasteiger charge is -2.16. The molecule has 8 nitrogen and oxygen atoms in total. The molecule has 0 aliphatic heterocycles. The minimum Gasteiger partial charge on any atom is -0.338 e. The summed E-state index contributed by atoms with van der Waals surface area (Å²) in [7, 11) is 1.64. The number of carbonyl (C=O) groups excluding carboxylic acids is 1. The van der Waals surface area contributed by atoms with Crippen LogP contribution in [0.5, 0.6) is 0 Å². The maximum atomic E-state index is 12.3. The summed E-state index contributed by atoms with van der Waals surface area (Å²) in [6, 6.07) is 7.80. The Morgan fingerprint density at radius 2 is 2.08 bits per heavy atom. The fourth-order valence-electron chi connectivity index (χ4n) is 2.23. The van der Waals surface area contributed by atoms with E-state index < -0.39 is 4.92 Å². The van der Waals surface area contributed by atoms with Crippen LogP contribution >= 0.6 is 23.1 Å². The number of nitro groups is 1. The molecule has 10 heteroatoms. The fourth-order valence-corrected chi connectivity index (χ4v) is 3.79. The molecule has 0 saturated heterocycles. The molecular formula is C16H14N4O4S2. The van der Waals surface area contributed by atoms with E-state index in [2.05, 4.69) is 9.97 Å². The van der Waals surface area contributed by atoms with Gasteiger partial charge in [-0.15, -0.1) is 23.1 Å². The van der Waals surface area contributed by atoms with Crippen molar-refractivity contribution < 1.29 is 9.72 Å². The van der Waals surface area contributed by atoms with Crippen molar-refractivity contribution in [2.75, 3.05) is 12.8 Å². The van der Waals surface area contributed by atoms with Crippen molar-refractivity contribution in [2.45, 2.75) is 11.4 Å². The van der Waals surface area contributed by atoms with Gasteiger partial charge in [0, 0.05) is 24.1 Å². The molecule has 0 unspecified atom stereocenters. The number of aromatic nitrogens is 2. The predicted molar refractivity (Wildman–Crippen MR) is 101 cm³/mol. The van der Waals surface area contributed by atoms with E-state index in [4.69, 9.17) is 0 Å². The smallest absolute Gasteiger partial charge is 0.269 e. The van der Waals surface area contributed by atoms with Gasteiger partial charge >= 0.3 is 0 Å². The number of hydrogen-bond acceptors (Lipinski definition) is 7. The highest BCUT2D eigenvalue weighted by molar-refractivity contribution is 8.00. The van der Waals surface area contributed by atoms with Crippen molar-refractivity contribution in [3.63, 3.8) is 0 Å². The highest BCUT2D eigenvalue weighted by atomic mass is 32.2. The Balaban J connectivity index is 1.60. The molecule has 0 radical (unpaired) electrons. The quantitative estimate of drug-likeness (QED) is 0.394. The van der Waals surface area contributed by atoms with E-state index in [1.807, 2.05) is 0 Å². The molecular weight excluding hydrogens is 376 g/mol. The first-order chi connectivity index (χ1) is 12.4. The number of thiophene rings is 1. The molecule has 0 saturated carbocycles. The van der Waals surface area contributed by atoms with Gasteiger partial charge in [0.25, 0.3) is 11.2 Å². The number of H-pyrrole nitrogens is 1. The summed E-state index contributed by atoms with van der Waals surface area (Å²) in [5.74, 6) is 0.470. The average molecular weight is 390 g/mol. The van der Waals surface area contributed by atoms with Crippen LogP contribution in [0.25, 0.3) is 10.2 Å². The number of aromatic amines is 1. The monoisotopic (exact) mass is 390 g/mol. The molecule has 1 aromatic carbocycles. The maximum absolute atomic E-state index is 12.3. The summed E-state index contributed by atoms with van der Waals surface area (Å²) < 4.78 is 0.566. The van der Waals surface area contributed by atoms with Crippen molar-refractivity contribution in [1.29, 1.82) is 0 Å². The van der Waals surface area contributed by atoms with Crippen molar-refractivity contribution in [3.05, 3.63) is 62.0 Å². The van der Waals surface area contributed by atoms with Gasteiger partial charge in [0.05, 0.1) is 22.7 Å². The van der Waals surface area contributed by atoms with E-state index in [-0.39, 0.29) is 29.5 Å². The van der Waals surface area contributed by atoms with Gasteiger partial charge in [-0.05, 0) is 23.6 Å². The molecule has 3 aromatic rings. The molecule has 0 atom stereocenters. The third kappa shape index (κ3) is 4.09. The Kier molecular flexibility index (Phi) is 5.33. The van der Waals surface area contributed by atoms with E-state index in [1.54, 1.807) is 30.6 Å². The predicted octanol–water partition coefficient (Wildman–Crippen LogP) is 2.64. The normalized spacial score (nSPS) is 10.8. The molecule has 0 aliphatic carbocycles. The Morgan fingerprint density at radius 1 is 1.35 bits per heavy atom. The van der Waals surface area contributed by atoms with Crippen LogP contribution in [-0.4, -0.2) is 38.5 Å². The van der Waals surface area contributed by atoms with E-state index in [1.165, 1.54) is 40.1 Å². The lowest BCUT2D eigenvalue weighted by molar-refractivity contribution is -0.384. The summed E-state index contributed by atoms with van der Waals surface area (Å²) in [5.41, 5.74) is 0.424. The number of benzene rings is 1. The number of rotatable bonds is 6. The van der Waals surface area contributed by atoms with Gasteiger partial charge in [-0.1, -0.05) is 0 Å². The van der Waals surface area contributed by atoms with Crippen LogP contribution in [0, 0.1) is 10.1 Å². The number of fused-ring (bicyclic) bond motifs is 1. The van der Waals surface area contributed by atoms with Crippen LogP contribution in [-0.2, 0) is 11.3 Å². The molecule has 1 amide bonds. The third-order valence-corrected chi connectivity index (χ3v) is 5.49. The number of carbonyl (C=O) groups is 1. The third-order valence-electron chi connectivity index (χ3n) is 3.59. The summed E-state index contributed by atoms with van der Waals surface area (Å²) in [4.78, 5) is 43.7. The van der Waals surface area contributed by atoms with Gasteiger partial charge in [0.2, 0.25) is 5.91 Å². The minimum absolute atomic E-state index is 0.0108. The van der Waals surface area contributed by atoms with Gasteiger partial charge < -0.3 is 9.88 Å². The zero-order valence-electron chi connectivity index (χ0n) is 13.7. The second-order valence-electron chi connectivity index (χ2n) is 5.44. The van der Waals surface area contributed by atoms with Crippen LogP contribution in [0.15, 0.2) is 45.4 Å². The van der Waals surface area contributed by atoms with E-state index in [0.29, 0.717) is 16.0 Å². The lowest BCUT2D eigenvalue weighted by Crippen LogP contribution is -2.29. The highest BCUT2D eigenvalue weighted by Crippen LogP contribution is 2.21. The summed E-state index contributed by atoms with van der Waals surface area (Å²) in [5, 5.41) is 12.4. The molecule has 0 bridgehead atoms. The average Bonchev–Trinajstić information content (AvgIpc) is 3.09. The second kappa shape index (κ2) is 7.67. The van der Waals surface area contributed by atoms with Crippen molar-refractivity contribution >= 4 is 44.9 Å². The Labute approximate surface area is 156 Å². The molecule has 134 valence electrons. The molecule has 26 heavy (non-hydrogen) atoms. The molecule has 3 rings (SSSR count). The molecule has 2 aromatic heterocycles. The maximum Gasteiger partial charge on any atom is 0.269 e. The van der Waals surface area contributed by atoms with Crippen molar-refractivity contribution in [2.24, 2.45) is 0 Å². The molecule has 0 spiro atoms. The first kappa shape index (κ1) is 18.1. The topological polar surface area (TPSA) is 109 Å². The van der Waals surface area contributed by atoms with Gasteiger partial charge in [-0.2, -0.15) is 0 Å². The number of thioether (sulfide) groups is 1. The van der Waals surface area contributed by atoms with Gasteiger partial charge in [0.15, 0.2) is 0 Å². The minimum atomic E-state index is -0.467. The zero-order valence-corrected chi connectivity index (χ0v) is 15.3. The van der Waals surface area contributed by atoms with Gasteiger partial charge in [-0.25, -0.2) is 4.98 Å². The van der Waals surface area contributed by atoms with Crippen molar-refractivity contribution in [1.82, 2.24) is 14.9 Å². The second-order valence-corrected chi connectivity index (χ2v) is 7.40. The van der Waals surface area contributed by atoms with E-state index >= 15 is 0 Å². The van der Waals surface area contributed by atoms with Crippen LogP contribution in [0.2, 0.25) is 0 Å². The summed E-state index contributed by atoms with van der Waals surface area (Å²) >= 11 is 2.61. The van der Waals surface area contributed by atoms with Crippen molar-refractivity contribution in [3.8, 4) is 0 Å². The fraction of sp³-hybridized carbons (Fsp3) is 0.188. The molecule has 1 N–H and O–H groups in total.